The Balaban J connectivity index is 1.83. The van der Waals surface area contributed by atoms with Crippen molar-refractivity contribution in [1.82, 2.24) is 5.32 Å². The van der Waals surface area contributed by atoms with Crippen LogP contribution in [0.2, 0.25) is 18.1 Å². The molecule has 1 aromatic rings. The molecule has 15 heteroatoms. The Morgan fingerprint density at radius 3 is 1.89 bits per heavy atom. The maximum Gasteiger partial charge on any atom is 0.407 e. The summed E-state index contributed by atoms with van der Waals surface area (Å²) in [6, 6.07) is 8.28. The van der Waals surface area contributed by atoms with Crippen molar-refractivity contribution in [3.05, 3.63) is 35.9 Å². The molecule has 2 aliphatic rings. The van der Waals surface area contributed by atoms with Crippen LogP contribution in [0.5, 0.6) is 0 Å². The molecule has 0 aromatic heterocycles. The van der Waals surface area contributed by atoms with E-state index in [2.05, 4.69) is 53.0 Å². The highest BCUT2D eigenvalue weighted by Gasteiger charge is 2.55. The molecule has 362 valence electrons. The van der Waals surface area contributed by atoms with E-state index in [1.807, 2.05) is 30.3 Å². The molecular weight excluding hydrogens is 885 g/mol. The Labute approximate surface area is 395 Å². The highest BCUT2D eigenvalue weighted by Crippen LogP contribution is 2.41. The second kappa shape index (κ2) is 29.2. The zero-order chi connectivity index (χ0) is 46.3. The van der Waals surface area contributed by atoms with Gasteiger partial charge in [0.05, 0.1) is 13.0 Å². The molecule has 3 unspecified atom stereocenters. The molecule has 2 saturated heterocycles. The first-order chi connectivity index (χ1) is 29.9. The van der Waals surface area contributed by atoms with Crippen molar-refractivity contribution in [3.63, 3.8) is 0 Å². The van der Waals surface area contributed by atoms with Crippen LogP contribution in [0.1, 0.15) is 181 Å². The lowest BCUT2D eigenvalue weighted by molar-refractivity contribution is -0.336. The molecule has 2 fully saturated rings. The minimum atomic E-state index is -2.59. The number of ether oxygens (including phenoxy) is 6. The summed E-state index contributed by atoms with van der Waals surface area (Å²) in [7, 11) is -2.59. The van der Waals surface area contributed by atoms with Crippen molar-refractivity contribution in [2.45, 2.75) is 234 Å². The standard InChI is InChI=1S/C48H80Cl3NO10Si/c1-8-10-12-14-16-18-20-22-27-31-37(58-39(53)32-28-23-21-19-17-15-13-11-9-2)33-40(54)60-43-41(52-46(55)57-35-48(49,50)51)45(62-63(6,7)47(3,4)5)59-38-34-56-44(61-42(38)43)36-29-25-24-26-30-36/h24-26,29-30,37-38,41-45H,8-23,27-28,31-35H2,1-7H3,(H,52,55)/t37-,38?,41?,42-,43-,44?,45+/m1/s1. The van der Waals surface area contributed by atoms with Crippen LogP contribution in [0.25, 0.3) is 0 Å². The molecule has 1 amide bonds. The Hall–Kier alpha value is -1.64. The summed E-state index contributed by atoms with van der Waals surface area (Å²) in [6.07, 6.45) is 14.8. The van der Waals surface area contributed by atoms with Gasteiger partial charge in [0.25, 0.3) is 0 Å². The summed E-state index contributed by atoms with van der Waals surface area (Å²) in [5.74, 6) is -0.924. The van der Waals surface area contributed by atoms with Crippen LogP contribution in [0.3, 0.4) is 0 Å². The third-order valence-corrected chi connectivity index (χ3v) is 17.1. The predicted molar refractivity (Wildman–Crippen MR) is 254 cm³/mol. The van der Waals surface area contributed by atoms with Gasteiger partial charge in [0.15, 0.2) is 27.0 Å². The first kappa shape index (κ1) is 55.7. The van der Waals surface area contributed by atoms with Crippen molar-refractivity contribution in [3.8, 4) is 0 Å². The van der Waals surface area contributed by atoms with E-state index in [-0.39, 0.29) is 24.0 Å². The van der Waals surface area contributed by atoms with Gasteiger partial charge in [-0.15, -0.1) is 0 Å². The largest absolute Gasteiger partial charge is 0.462 e. The Kier molecular flexibility index (Phi) is 25.8. The van der Waals surface area contributed by atoms with Gasteiger partial charge in [0.1, 0.15) is 31.0 Å². The van der Waals surface area contributed by atoms with Crippen molar-refractivity contribution in [2.24, 2.45) is 0 Å². The minimum Gasteiger partial charge on any atom is -0.462 e. The number of fused-ring (bicyclic) bond motifs is 1. The van der Waals surface area contributed by atoms with Crippen LogP contribution >= 0.6 is 34.8 Å². The van der Waals surface area contributed by atoms with E-state index < -0.39 is 73.8 Å². The van der Waals surface area contributed by atoms with E-state index in [1.54, 1.807) is 0 Å². The smallest absolute Gasteiger partial charge is 0.407 e. The molecule has 1 aromatic carbocycles. The van der Waals surface area contributed by atoms with Crippen molar-refractivity contribution in [2.75, 3.05) is 13.2 Å². The number of carbonyl (C=O) groups is 3. The number of benzene rings is 1. The number of halogens is 3. The minimum absolute atomic E-state index is 0.0950. The van der Waals surface area contributed by atoms with Crippen LogP contribution in [-0.4, -0.2) is 80.1 Å². The molecule has 0 radical (unpaired) electrons. The van der Waals surface area contributed by atoms with Gasteiger partial charge < -0.3 is 38.2 Å². The predicted octanol–water partition coefficient (Wildman–Crippen LogP) is 13.4. The molecule has 2 aliphatic heterocycles. The van der Waals surface area contributed by atoms with Crippen molar-refractivity contribution < 1.29 is 47.2 Å². The van der Waals surface area contributed by atoms with Crippen molar-refractivity contribution in [1.29, 1.82) is 0 Å². The van der Waals surface area contributed by atoms with Crippen LogP contribution in [0.4, 0.5) is 4.79 Å². The maximum atomic E-state index is 14.3. The molecule has 0 spiro atoms. The fourth-order valence-electron chi connectivity index (χ4n) is 7.63. The van der Waals surface area contributed by atoms with Gasteiger partial charge in [-0.05, 0) is 37.4 Å². The maximum absolute atomic E-state index is 14.3. The molecule has 7 atom stereocenters. The van der Waals surface area contributed by atoms with E-state index in [4.69, 9.17) is 67.7 Å². The normalized spacial score (nSPS) is 22.2. The second-order valence-electron chi connectivity index (χ2n) is 18.9. The summed E-state index contributed by atoms with van der Waals surface area (Å²) >= 11 is 17.8. The van der Waals surface area contributed by atoms with Crippen LogP contribution in [0, 0.1) is 0 Å². The van der Waals surface area contributed by atoms with E-state index >= 15 is 0 Å². The van der Waals surface area contributed by atoms with E-state index in [0.717, 1.165) is 50.5 Å². The second-order valence-corrected chi connectivity index (χ2v) is 26.2. The summed E-state index contributed by atoms with van der Waals surface area (Å²) in [5, 5.41) is 2.56. The SMILES string of the molecule is CCCCCCCCCCCC(=O)O[C@H](CCCCCCCCCCC)CC(=O)O[C@@H]1C(NC(=O)OCC(Cl)(Cl)Cl)[C@H](O[Si](C)(C)C(C)(C)C)OC2COC(c3ccccc3)O[C@H]21. The monoisotopic (exact) mass is 963 g/mol. The third-order valence-electron chi connectivity index (χ3n) is 12.4. The Bertz CT molecular complexity index is 1450. The highest BCUT2D eigenvalue weighted by atomic mass is 35.6. The fraction of sp³-hybridized carbons (Fsp3) is 0.812. The van der Waals surface area contributed by atoms with Crippen molar-refractivity contribution >= 4 is 61.2 Å². The zero-order valence-corrected chi connectivity index (χ0v) is 42.7. The molecule has 11 nitrogen and oxygen atoms in total. The first-order valence-electron chi connectivity index (χ1n) is 24.0. The molecule has 63 heavy (non-hydrogen) atoms. The number of hydrogen-bond donors (Lipinski definition) is 1. The zero-order valence-electron chi connectivity index (χ0n) is 39.4. The Morgan fingerprint density at radius 2 is 1.33 bits per heavy atom. The molecule has 0 bridgehead atoms. The lowest BCUT2D eigenvalue weighted by atomic mass is 9.95. The van der Waals surface area contributed by atoms with Gasteiger partial charge in [-0.2, -0.15) is 0 Å². The first-order valence-corrected chi connectivity index (χ1v) is 28.0. The molecule has 1 N–H and O–H groups in total. The number of amides is 1. The summed E-state index contributed by atoms with van der Waals surface area (Å²) in [5.41, 5.74) is 0.757. The summed E-state index contributed by atoms with van der Waals surface area (Å²) in [6.45, 7) is 14.4. The van der Waals surface area contributed by atoms with Gasteiger partial charge >= 0.3 is 18.0 Å². The number of carbonyl (C=O) groups excluding carboxylic acids is 3. The molecule has 0 aliphatic carbocycles. The number of alkyl halides is 3. The number of unbranched alkanes of at least 4 members (excludes halogenated alkanes) is 16. The van der Waals surface area contributed by atoms with Gasteiger partial charge in [0, 0.05) is 12.0 Å². The van der Waals surface area contributed by atoms with Crippen LogP contribution in [-0.2, 0) is 42.4 Å². The number of nitrogens with one attached hydrogen (secondary N) is 1. The quantitative estimate of drug-likeness (QED) is 0.0272. The molecular formula is C48H80Cl3NO10Si. The van der Waals surface area contributed by atoms with Gasteiger partial charge in [0.2, 0.25) is 3.79 Å². The van der Waals surface area contributed by atoms with E-state index in [1.165, 1.54) is 70.6 Å². The average Bonchev–Trinajstić information content (AvgIpc) is 3.22. The molecule has 3 rings (SSSR count). The lowest BCUT2D eigenvalue weighted by Gasteiger charge is -2.51. The van der Waals surface area contributed by atoms with E-state index in [0.29, 0.717) is 12.8 Å². The average molecular weight is 966 g/mol. The number of alkyl carbamates (subject to hydrolysis) is 1. The summed E-state index contributed by atoms with van der Waals surface area (Å²) < 4.78 is 42.0. The van der Waals surface area contributed by atoms with Crippen LogP contribution < -0.4 is 5.32 Å². The number of rotatable bonds is 29. The van der Waals surface area contributed by atoms with Crippen LogP contribution in [0.15, 0.2) is 30.3 Å². The number of esters is 2. The van der Waals surface area contributed by atoms with Gasteiger partial charge in [-0.1, -0.05) is 202 Å². The Morgan fingerprint density at radius 1 is 0.778 bits per heavy atom. The molecule has 2 heterocycles. The number of hydrogen-bond acceptors (Lipinski definition) is 10. The van der Waals surface area contributed by atoms with E-state index in [9.17, 15) is 14.4 Å². The van der Waals surface area contributed by atoms with Gasteiger partial charge in [-0.25, -0.2) is 4.79 Å². The highest BCUT2D eigenvalue weighted by molar-refractivity contribution is 6.74. The molecule has 0 saturated carbocycles. The van der Waals surface area contributed by atoms with Gasteiger partial charge in [-0.3, -0.25) is 9.59 Å². The summed E-state index contributed by atoms with van der Waals surface area (Å²) in [4.78, 5) is 41.0. The lowest BCUT2D eigenvalue weighted by Crippen LogP contribution is -2.69. The fourth-order valence-corrected chi connectivity index (χ4v) is 8.93. The third kappa shape index (κ3) is 21.7. The topological polar surface area (TPSA) is 128 Å².